The number of aryl methyl sites for hydroxylation is 2. The summed E-state index contributed by atoms with van der Waals surface area (Å²) in [6.45, 7) is 9.80. The summed E-state index contributed by atoms with van der Waals surface area (Å²) in [7, 11) is 0. The number of fused-ring (bicyclic) bond motifs is 1. The lowest BCUT2D eigenvalue weighted by Gasteiger charge is -2.12. The van der Waals surface area contributed by atoms with Crippen molar-refractivity contribution in [2.24, 2.45) is 0 Å². The van der Waals surface area contributed by atoms with E-state index >= 15 is 0 Å². The third kappa shape index (κ3) is 5.70. The van der Waals surface area contributed by atoms with E-state index in [1.807, 2.05) is 51.1 Å². The van der Waals surface area contributed by atoms with Crippen LogP contribution in [0.15, 0.2) is 30.3 Å². The Bertz CT molecular complexity index is 1060. The molecule has 0 fully saturated rings. The minimum absolute atomic E-state index is 0.196. The zero-order valence-corrected chi connectivity index (χ0v) is 19.3. The quantitative estimate of drug-likeness (QED) is 0.306. The van der Waals surface area contributed by atoms with Gasteiger partial charge >= 0.3 is 5.97 Å². The molecule has 31 heavy (non-hydrogen) atoms. The summed E-state index contributed by atoms with van der Waals surface area (Å²) in [5, 5.41) is 0.662. The minimum atomic E-state index is -0.196. The number of benzene rings is 2. The highest BCUT2D eigenvalue weighted by atomic mass is 35.5. The second-order valence-electron chi connectivity index (χ2n) is 7.30. The van der Waals surface area contributed by atoms with Crippen molar-refractivity contribution in [3.05, 3.63) is 52.3 Å². The Morgan fingerprint density at radius 3 is 2.58 bits per heavy atom. The molecule has 166 valence electrons. The Morgan fingerprint density at radius 2 is 1.87 bits per heavy atom. The molecule has 0 aliphatic heterocycles. The number of imidazole rings is 1. The Morgan fingerprint density at radius 1 is 1.06 bits per heavy atom. The largest absolute Gasteiger partial charge is 0.494 e. The second kappa shape index (κ2) is 10.5. The fraction of sp³-hybridized carbons (Fsp3) is 0.417. The van der Waals surface area contributed by atoms with E-state index in [1.165, 1.54) is 0 Å². The lowest BCUT2D eigenvalue weighted by molar-refractivity contribution is -0.143. The fourth-order valence-electron chi connectivity index (χ4n) is 3.48. The van der Waals surface area contributed by atoms with Gasteiger partial charge in [0, 0.05) is 17.5 Å². The van der Waals surface area contributed by atoms with Crippen LogP contribution < -0.4 is 9.47 Å². The van der Waals surface area contributed by atoms with Gasteiger partial charge in [-0.05, 0) is 63.4 Å². The van der Waals surface area contributed by atoms with Crippen molar-refractivity contribution in [2.45, 2.75) is 47.1 Å². The average Bonchev–Trinajstić information content (AvgIpc) is 3.04. The number of halogens is 1. The van der Waals surface area contributed by atoms with Crippen molar-refractivity contribution in [1.82, 2.24) is 9.55 Å². The van der Waals surface area contributed by atoms with Gasteiger partial charge < -0.3 is 18.8 Å². The van der Waals surface area contributed by atoms with E-state index in [1.54, 1.807) is 6.92 Å². The fourth-order valence-corrected chi connectivity index (χ4v) is 3.71. The van der Waals surface area contributed by atoms with Crippen LogP contribution in [0.1, 0.15) is 43.6 Å². The number of hydrogen-bond acceptors (Lipinski definition) is 5. The topological polar surface area (TPSA) is 62.6 Å². The van der Waals surface area contributed by atoms with Crippen LogP contribution in [-0.4, -0.2) is 35.3 Å². The molecular formula is C24H29ClN2O4. The smallest absolute Gasteiger partial charge is 0.305 e. The highest BCUT2D eigenvalue weighted by Crippen LogP contribution is 2.29. The van der Waals surface area contributed by atoms with Gasteiger partial charge in [-0.2, -0.15) is 0 Å². The van der Waals surface area contributed by atoms with E-state index < -0.39 is 0 Å². The number of carbonyl (C=O) groups is 1. The molecule has 3 aromatic rings. The van der Waals surface area contributed by atoms with Crippen molar-refractivity contribution in [3.8, 4) is 11.5 Å². The Kier molecular flexibility index (Phi) is 7.80. The standard InChI is InChI=1S/C24H29ClN2O4/c1-5-29-19-10-9-18(21(25)13-19)15-27-17(4)26-24-16(3)12-20(14-22(24)27)31-11-7-8-23(28)30-6-2/h9-10,12-14H,5-8,11,15H2,1-4H3. The minimum Gasteiger partial charge on any atom is -0.494 e. The molecular weight excluding hydrogens is 416 g/mol. The van der Waals surface area contributed by atoms with Gasteiger partial charge in [-0.15, -0.1) is 0 Å². The summed E-state index contributed by atoms with van der Waals surface area (Å²) in [6, 6.07) is 9.74. The van der Waals surface area contributed by atoms with Crippen LogP contribution in [0.5, 0.6) is 11.5 Å². The van der Waals surface area contributed by atoms with Crippen molar-refractivity contribution in [2.75, 3.05) is 19.8 Å². The summed E-state index contributed by atoms with van der Waals surface area (Å²) in [4.78, 5) is 16.2. The molecule has 6 nitrogen and oxygen atoms in total. The molecule has 2 aromatic carbocycles. The maximum absolute atomic E-state index is 11.5. The zero-order chi connectivity index (χ0) is 22.4. The predicted molar refractivity (Wildman–Crippen MR) is 122 cm³/mol. The van der Waals surface area contributed by atoms with Gasteiger partial charge in [-0.25, -0.2) is 4.98 Å². The molecule has 0 N–H and O–H groups in total. The summed E-state index contributed by atoms with van der Waals surface area (Å²) < 4.78 is 18.5. The number of carbonyl (C=O) groups excluding carboxylic acids is 1. The first-order chi connectivity index (χ1) is 14.9. The monoisotopic (exact) mass is 444 g/mol. The highest BCUT2D eigenvalue weighted by molar-refractivity contribution is 6.31. The Balaban J connectivity index is 1.79. The van der Waals surface area contributed by atoms with Crippen LogP contribution in [0.25, 0.3) is 11.0 Å². The number of hydrogen-bond donors (Lipinski definition) is 0. The molecule has 0 unspecified atom stereocenters. The second-order valence-corrected chi connectivity index (χ2v) is 7.70. The van der Waals surface area contributed by atoms with Crippen LogP contribution in [0.3, 0.4) is 0 Å². The van der Waals surface area contributed by atoms with Crippen LogP contribution >= 0.6 is 11.6 Å². The highest BCUT2D eigenvalue weighted by Gasteiger charge is 2.14. The van der Waals surface area contributed by atoms with Crippen molar-refractivity contribution in [3.63, 3.8) is 0 Å². The maximum Gasteiger partial charge on any atom is 0.305 e. The number of nitrogens with zero attached hydrogens (tertiary/aromatic N) is 2. The molecule has 1 heterocycles. The van der Waals surface area contributed by atoms with Gasteiger partial charge in [0.2, 0.25) is 0 Å². The van der Waals surface area contributed by atoms with E-state index in [0.717, 1.165) is 39.5 Å². The van der Waals surface area contributed by atoms with Crippen LogP contribution in [0.2, 0.25) is 5.02 Å². The molecule has 0 bridgehead atoms. The molecule has 1 aromatic heterocycles. The molecule has 0 aliphatic rings. The van der Waals surface area contributed by atoms with Crippen molar-refractivity contribution in [1.29, 1.82) is 0 Å². The van der Waals surface area contributed by atoms with Gasteiger partial charge in [0.25, 0.3) is 0 Å². The first-order valence-corrected chi connectivity index (χ1v) is 11.0. The number of rotatable bonds is 10. The molecule has 0 saturated carbocycles. The maximum atomic E-state index is 11.5. The number of esters is 1. The SMILES string of the molecule is CCOC(=O)CCCOc1cc(C)c2nc(C)n(Cc3ccc(OCC)cc3Cl)c2c1. The number of ether oxygens (including phenoxy) is 3. The molecule has 3 rings (SSSR count). The van der Waals surface area contributed by atoms with Crippen LogP contribution in [-0.2, 0) is 16.1 Å². The third-order valence-electron chi connectivity index (χ3n) is 4.97. The molecule has 0 spiro atoms. The van der Waals surface area contributed by atoms with Gasteiger partial charge in [-0.1, -0.05) is 17.7 Å². The number of aromatic nitrogens is 2. The average molecular weight is 445 g/mol. The van der Waals surface area contributed by atoms with Crippen molar-refractivity contribution >= 4 is 28.6 Å². The molecule has 7 heteroatoms. The molecule has 0 aliphatic carbocycles. The van der Waals surface area contributed by atoms with Gasteiger partial charge in [0.15, 0.2) is 0 Å². The summed E-state index contributed by atoms with van der Waals surface area (Å²) in [5.74, 6) is 2.23. The van der Waals surface area contributed by atoms with E-state index in [4.69, 9.17) is 30.8 Å². The van der Waals surface area contributed by atoms with E-state index in [0.29, 0.717) is 44.2 Å². The molecule has 0 amide bonds. The Hall–Kier alpha value is -2.73. The van der Waals surface area contributed by atoms with Gasteiger partial charge in [-0.3, -0.25) is 4.79 Å². The molecule has 0 saturated heterocycles. The normalized spacial score (nSPS) is 11.0. The summed E-state index contributed by atoms with van der Waals surface area (Å²) in [6.07, 6.45) is 0.957. The Labute approximate surface area is 188 Å². The lowest BCUT2D eigenvalue weighted by Crippen LogP contribution is -2.07. The molecule has 0 atom stereocenters. The lowest BCUT2D eigenvalue weighted by atomic mass is 10.1. The first-order valence-electron chi connectivity index (χ1n) is 10.6. The predicted octanol–water partition coefficient (Wildman–Crippen LogP) is 5.48. The van der Waals surface area contributed by atoms with Gasteiger partial charge in [0.05, 0.1) is 37.4 Å². The zero-order valence-electron chi connectivity index (χ0n) is 18.5. The van der Waals surface area contributed by atoms with Crippen molar-refractivity contribution < 1.29 is 19.0 Å². The summed E-state index contributed by atoms with van der Waals surface area (Å²) >= 11 is 6.50. The van der Waals surface area contributed by atoms with Crippen LogP contribution in [0.4, 0.5) is 0 Å². The first kappa shape index (κ1) is 22.9. The molecule has 0 radical (unpaired) electrons. The van der Waals surface area contributed by atoms with E-state index in [9.17, 15) is 4.79 Å². The third-order valence-corrected chi connectivity index (χ3v) is 5.32. The van der Waals surface area contributed by atoms with E-state index in [-0.39, 0.29) is 5.97 Å². The van der Waals surface area contributed by atoms with Gasteiger partial charge in [0.1, 0.15) is 17.3 Å². The summed E-state index contributed by atoms with van der Waals surface area (Å²) in [5.41, 5.74) is 3.96. The van der Waals surface area contributed by atoms with E-state index in [2.05, 4.69) is 4.57 Å². The van der Waals surface area contributed by atoms with Crippen LogP contribution in [0, 0.1) is 13.8 Å².